The monoisotopic (exact) mass is 378 g/mol. The molecule has 0 fully saturated rings. The van der Waals surface area contributed by atoms with Gasteiger partial charge in [0, 0.05) is 24.5 Å². The summed E-state index contributed by atoms with van der Waals surface area (Å²) in [5, 5.41) is 12.4. The normalized spacial score (nSPS) is 12.7. The Bertz CT molecular complexity index is 872. The molecule has 1 unspecified atom stereocenters. The Hall–Kier alpha value is -2.84. The fourth-order valence-electron chi connectivity index (χ4n) is 3.40. The van der Waals surface area contributed by atoms with E-state index in [1.165, 1.54) is 0 Å². The molecule has 2 rings (SSSR count). The summed E-state index contributed by atoms with van der Waals surface area (Å²) in [6, 6.07) is 14.2. The van der Waals surface area contributed by atoms with Crippen molar-refractivity contribution in [3.8, 4) is 6.07 Å². The van der Waals surface area contributed by atoms with Crippen LogP contribution >= 0.6 is 0 Å². The molecule has 2 aromatic rings. The third-order valence-corrected chi connectivity index (χ3v) is 4.99. The number of likely N-dealkylation sites (N-methyl/N-ethyl adjacent to an activating group) is 1. The molecule has 1 amide bonds. The second-order valence-electron chi connectivity index (χ2n) is 7.25. The van der Waals surface area contributed by atoms with E-state index in [1.54, 1.807) is 6.08 Å². The number of hydrogen-bond acceptors (Lipinski definition) is 3. The lowest BCUT2D eigenvalue weighted by Gasteiger charge is -2.25. The molecule has 0 aliphatic rings. The van der Waals surface area contributed by atoms with E-state index < -0.39 is 0 Å². The predicted molar refractivity (Wildman–Crippen MR) is 114 cm³/mol. The number of carbonyl (C=O) groups is 1. The maximum absolute atomic E-state index is 12.6. The quantitative estimate of drug-likeness (QED) is 0.561. The van der Waals surface area contributed by atoms with Crippen LogP contribution in [-0.2, 0) is 11.3 Å². The number of nitrogens with zero attached hydrogens (tertiary/aromatic N) is 3. The van der Waals surface area contributed by atoms with Gasteiger partial charge in [0.2, 0.25) is 0 Å². The lowest BCUT2D eigenvalue weighted by Crippen LogP contribution is -2.35. The highest BCUT2D eigenvalue weighted by Crippen LogP contribution is 2.20. The number of carbonyl (C=O) groups excluding carboxylic acids is 1. The molecule has 0 aliphatic heterocycles. The molecule has 148 valence electrons. The van der Waals surface area contributed by atoms with Gasteiger partial charge in [0.25, 0.3) is 5.91 Å². The molecule has 0 saturated heterocycles. The van der Waals surface area contributed by atoms with E-state index in [2.05, 4.69) is 27.8 Å². The molecule has 1 aromatic carbocycles. The van der Waals surface area contributed by atoms with E-state index in [0.717, 1.165) is 35.5 Å². The Kier molecular flexibility index (Phi) is 7.60. The zero-order valence-electron chi connectivity index (χ0n) is 17.5. The lowest BCUT2D eigenvalue weighted by molar-refractivity contribution is -0.117. The molecule has 0 saturated carbocycles. The van der Waals surface area contributed by atoms with Crippen LogP contribution in [0.4, 0.5) is 0 Å². The van der Waals surface area contributed by atoms with Gasteiger partial charge in [-0.1, -0.05) is 37.3 Å². The van der Waals surface area contributed by atoms with E-state index in [1.807, 2.05) is 64.3 Å². The van der Waals surface area contributed by atoms with E-state index in [9.17, 15) is 10.1 Å². The maximum atomic E-state index is 12.6. The largest absolute Gasteiger partial charge is 0.349 e. The minimum atomic E-state index is -0.342. The molecule has 1 aromatic heterocycles. The fraction of sp³-hybridized carbons (Fsp3) is 0.391. The van der Waals surface area contributed by atoms with Crippen LogP contribution < -0.4 is 5.32 Å². The van der Waals surface area contributed by atoms with Crippen molar-refractivity contribution in [2.24, 2.45) is 0 Å². The first-order valence-electron chi connectivity index (χ1n) is 9.67. The van der Waals surface area contributed by atoms with Crippen molar-refractivity contribution >= 4 is 12.0 Å². The average Bonchev–Trinajstić information content (AvgIpc) is 2.94. The molecule has 0 radical (unpaired) electrons. The third-order valence-electron chi connectivity index (χ3n) is 4.99. The molecule has 1 N–H and O–H groups in total. The molecule has 28 heavy (non-hydrogen) atoms. The number of benzene rings is 1. The number of rotatable bonds is 8. The first kappa shape index (κ1) is 21.5. The van der Waals surface area contributed by atoms with Crippen LogP contribution in [0.3, 0.4) is 0 Å². The van der Waals surface area contributed by atoms with Crippen LogP contribution in [0, 0.1) is 25.2 Å². The summed E-state index contributed by atoms with van der Waals surface area (Å²) in [4.78, 5) is 14.7. The van der Waals surface area contributed by atoms with Crippen molar-refractivity contribution in [2.45, 2.75) is 39.8 Å². The summed E-state index contributed by atoms with van der Waals surface area (Å²) < 4.78 is 2.22. The number of amides is 1. The topological polar surface area (TPSA) is 61.1 Å². The van der Waals surface area contributed by atoms with Crippen LogP contribution in [0.5, 0.6) is 0 Å². The van der Waals surface area contributed by atoms with Crippen LogP contribution in [0.2, 0.25) is 0 Å². The minimum Gasteiger partial charge on any atom is -0.349 e. The second-order valence-corrected chi connectivity index (χ2v) is 7.25. The van der Waals surface area contributed by atoms with Gasteiger partial charge in [-0.05, 0) is 57.6 Å². The highest BCUT2D eigenvalue weighted by Gasteiger charge is 2.17. The molecule has 0 bridgehead atoms. The number of aryl methyl sites for hydroxylation is 1. The van der Waals surface area contributed by atoms with Gasteiger partial charge in [-0.25, -0.2) is 0 Å². The van der Waals surface area contributed by atoms with Gasteiger partial charge >= 0.3 is 0 Å². The second kappa shape index (κ2) is 9.91. The molecular weight excluding hydrogens is 348 g/mol. The Labute approximate surface area is 168 Å². The molecular formula is C23H30N4O. The van der Waals surface area contributed by atoms with E-state index in [0.29, 0.717) is 6.54 Å². The van der Waals surface area contributed by atoms with E-state index >= 15 is 0 Å². The van der Waals surface area contributed by atoms with Crippen molar-refractivity contribution in [3.05, 3.63) is 64.5 Å². The van der Waals surface area contributed by atoms with E-state index in [-0.39, 0.29) is 17.5 Å². The summed E-state index contributed by atoms with van der Waals surface area (Å²) in [5.74, 6) is -0.342. The van der Waals surface area contributed by atoms with E-state index in [4.69, 9.17) is 0 Å². The highest BCUT2D eigenvalue weighted by molar-refractivity contribution is 6.01. The number of nitriles is 1. The third kappa shape index (κ3) is 5.11. The summed E-state index contributed by atoms with van der Waals surface area (Å²) >= 11 is 0. The summed E-state index contributed by atoms with van der Waals surface area (Å²) in [5.41, 5.74) is 4.39. The summed E-state index contributed by atoms with van der Waals surface area (Å²) in [6.45, 7) is 7.58. The summed E-state index contributed by atoms with van der Waals surface area (Å²) in [6.07, 6.45) is 2.73. The zero-order valence-corrected chi connectivity index (χ0v) is 17.5. The molecule has 5 heteroatoms. The van der Waals surface area contributed by atoms with Crippen LogP contribution in [-0.4, -0.2) is 36.0 Å². The number of aromatic nitrogens is 1. The van der Waals surface area contributed by atoms with Gasteiger partial charge in [-0.2, -0.15) is 5.26 Å². The van der Waals surface area contributed by atoms with Gasteiger partial charge < -0.3 is 14.8 Å². The van der Waals surface area contributed by atoms with Gasteiger partial charge in [0.05, 0.1) is 6.04 Å². The van der Waals surface area contributed by atoms with Crippen molar-refractivity contribution in [2.75, 3.05) is 20.6 Å². The molecule has 0 aliphatic carbocycles. The maximum Gasteiger partial charge on any atom is 0.262 e. The smallest absolute Gasteiger partial charge is 0.262 e. The van der Waals surface area contributed by atoms with Crippen LogP contribution in [0.1, 0.15) is 41.9 Å². The Morgan fingerprint density at radius 2 is 1.96 bits per heavy atom. The minimum absolute atomic E-state index is 0.0414. The van der Waals surface area contributed by atoms with Gasteiger partial charge in [0.15, 0.2) is 0 Å². The van der Waals surface area contributed by atoms with Crippen molar-refractivity contribution in [1.82, 2.24) is 14.8 Å². The van der Waals surface area contributed by atoms with Crippen molar-refractivity contribution in [1.29, 1.82) is 5.26 Å². The Morgan fingerprint density at radius 1 is 1.29 bits per heavy atom. The van der Waals surface area contributed by atoms with Crippen LogP contribution in [0.25, 0.3) is 6.08 Å². The Morgan fingerprint density at radius 3 is 2.54 bits per heavy atom. The predicted octanol–water partition coefficient (Wildman–Crippen LogP) is 3.84. The van der Waals surface area contributed by atoms with Crippen LogP contribution in [0.15, 0.2) is 42.0 Å². The molecule has 1 atom stereocenters. The SMILES string of the molecule is CCCn1c(C)cc(/C=C(/C#N)C(=O)NCC(c2ccccc2)N(C)C)c1C. The zero-order chi connectivity index (χ0) is 20.7. The fourth-order valence-corrected chi connectivity index (χ4v) is 3.40. The summed E-state index contributed by atoms with van der Waals surface area (Å²) in [7, 11) is 3.96. The number of nitrogens with one attached hydrogen (secondary N) is 1. The molecule has 0 spiro atoms. The van der Waals surface area contributed by atoms with Crippen molar-refractivity contribution in [3.63, 3.8) is 0 Å². The van der Waals surface area contributed by atoms with Gasteiger partial charge in [-0.15, -0.1) is 0 Å². The highest BCUT2D eigenvalue weighted by atomic mass is 16.1. The van der Waals surface area contributed by atoms with Gasteiger partial charge in [0.1, 0.15) is 11.6 Å². The Balaban J connectivity index is 2.16. The average molecular weight is 379 g/mol. The lowest BCUT2D eigenvalue weighted by atomic mass is 10.1. The number of hydrogen-bond donors (Lipinski definition) is 1. The molecule has 1 heterocycles. The standard InChI is InChI=1S/C23H30N4O/c1-6-12-27-17(2)13-20(18(27)3)14-21(15-24)23(28)25-16-22(26(4)5)19-10-8-7-9-11-19/h7-11,13-14,22H,6,12,16H2,1-5H3,(H,25,28)/b21-14-. The van der Waals surface area contributed by atoms with Crippen molar-refractivity contribution < 1.29 is 4.79 Å². The van der Waals surface area contributed by atoms with Gasteiger partial charge in [-0.3, -0.25) is 4.79 Å². The molecule has 5 nitrogen and oxygen atoms in total. The first-order chi connectivity index (χ1) is 13.4. The first-order valence-corrected chi connectivity index (χ1v) is 9.67.